The molecule has 45 heavy (non-hydrogen) atoms. The Bertz CT molecular complexity index is 1760. The van der Waals surface area contributed by atoms with Crippen molar-refractivity contribution in [3.8, 4) is 5.75 Å². The largest absolute Gasteiger partial charge is 0.480 e. The number of imidazole rings is 1. The summed E-state index contributed by atoms with van der Waals surface area (Å²) in [6.07, 6.45) is 5.17. The molecule has 1 aromatic heterocycles. The number of alkyl halides is 1. The first-order valence-electron chi connectivity index (χ1n) is 13.9. The third-order valence-electron chi connectivity index (χ3n) is 7.18. The Morgan fingerprint density at radius 1 is 1.04 bits per heavy atom. The van der Waals surface area contributed by atoms with E-state index in [2.05, 4.69) is 32.9 Å². The van der Waals surface area contributed by atoms with Crippen molar-refractivity contribution in [2.24, 2.45) is 7.05 Å². The number of benzene rings is 3. The summed E-state index contributed by atoms with van der Waals surface area (Å²) in [4.78, 5) is 29.7. The molecule has 0 fully saturated rings. The molecule has 9 nitrogen and oxygen atoms in total. The van der Waals surface area contributed by atoms with Gasteiger partial charge in [0, 0.05) is 42.7 Å². The molecule has 0 aliphatic carbocycles. The maximum absolute atomic E-state index is 13.8. The maximum Gasteiger partial charge on any atom is 0.326 e. The first kappa shape index (κ1) is 34.0. The average molecular weight is 752 g/mol. The number of carboxylic acid groups (broad SMARTS) is 1. The Kier molecular flexibility index (Phi) is 11.0. The highest BCUT2D eigenvalue weighted by Crippen LogP contribution is 2.39. The fourth-order valence-corrected chi connectivity index (χ4v) is 6.34. The van der Waals surface area contributed by atoms with E-state index in [0.29, 0.717) is 30.4 Å². The van der Waals surface area contributed by atoms with Crippen molar-refractivity contribution >= 4 is 44.3 Å². The number of nitrogens with zero attached hydrogens (tertiary/aromatic N) is 2. The molecule has 3 aromatic carbocycles. The number of carbonyl (C=O) groups is 2. The average Bonchev–Trinajstić information content (AvgIpc) is 3.38. The lowest BCUT2D eigenvalue weighted by Gasteiger charge is -2.30. The number of hydrogen-bond donors (Lipinski definition) is 2. The molecular weight excluding hydrogens is 719 g/mol. The van der Waals surface area contributed by atoms with Gasteiger partial charge < -0.3 is 19.7 Å². The third-order valence-corrected chi connectivity index (χ3v) is 9.38. The van der Waals surface area contributed by atoms with Crippen LogP contribution in [0.5, 0.6) is 5.75 Å². The van der Waals surface area contributed by atoms with E-state index in [1.54, 1.807) is 48.9 Å². The summed E-state index contributed by atoms with van der Waals surface area (Å²) in [6.45, 7) is 0. The lowest BCUT2D eigenvalue weighted by Crippen LogP contribution is -2.42. The van der Waals surface area contributed by atoms with Gasteiger partial charge in [-0.05, 0) is 89.4 Å². The molecular formula is C32H32F2IN3O6S. The van der Waals surface area contributed by atoms with Gasteiger partial charge in [0.05, 0.1) is 12.1 Å². The highest BCUT2D eigenvalue weighted by atomic mass is 127. The van der Waals surface area contributed by atoms with Crippen molar-refractivity contribution in [2.45, 2.75) is 35.3 Å². The molecule has 1 heterocycles. The van der Waals surface area contributed by atoms with E-state index in [0.717, 1.165) is 17.5 Å². The first-order valence-corrected chi connectivity index (χ1v) is 17.0. The van der Waals surface area contributed by atoms with E-state index >= 15 is 0 Å². The van der Waals surface area contributed by atoms with Crippen LogP contribution in [-0.2, 0) is 44.5 Å². The summed E-state index contributed by atoms with van der Waals surface area (Å²) in [5.41, 5.74) is 3.03. The van der Waals surface area contributed by atoms with Crippen molar-refractivity contribution in [2.75, 3.05) is 12.0 Å². The molecule has 0 saturated carbocycles. The van der Waals surface area contributed by atoms with Crippen LogP contribution in [0.1, 0.15) is 39.2 Å². The van der Waals surface area contributed by atoms with E-state index < -0.39 is 42.9 Å². The summed E-state index contributed by atoms with van der Waals surface area (Å²) >= 11 is 2.13. The minimum absolute atomic E-state index is 0.138. The third kappa shape index (κ3) is 9.57. The van der Waals surface area contributed by atoms with Gasteiger partial charge in [-0.15, -0.1) is 0 Å². The highest BCUT2D eigenvalue weighted by Gasteiger charge is 2.34. The Hall–Kier alpha value is -3.85. The van der Waals surface area contributed by atoms with E-state index in [1.165, 1.54) is 30.3 Å². The fraction of sp³-hybridized carbons (Fsp3) is 0.281. The van der Waals surface area contributed by atoms with Gasteiger partial charge in [0.15, 0.2) is 3.61 Å². The number of carboxylic acids is 1. The van der Waals surface area contributed by atoms with E-state index in [1.807, 2.05) is 11.6 Å². The van der Waals surface area contributed by atoms with Crippen molar-refractivity contribution in [3.05, 3.63) is 119 Å². The summed E-state index contributed by atoms with van der Waals surface area (Å²) in [6, 6.07) is 15.3. The zero-order chi connectivity index (χ0) is 32.8. The van der Waals surface area contributed by atoms with Crippen LogP contribution in [0, 0.1) is 11.6 Å². The molecule has 0 aliphatic rings. The Morgan fingerprint density at radius 2 is 1.69 bits per heavy atom. The van der Waals surface area contributed by atoms with Gasteiger partial charge >= 0.3 is 5.97 Å². The minimum atomic E-state index is -3.48. The standard InChI is InChI=1S/C32H32F2IN3O6S/c1-38-20-36-19-26(38)18-32(35,23-8-12-25(34)13-9-23)44-27-14-7-22(6-3-21-4-10-24(33)11-5-21)28(17-27)30(39)37-29(31(40)41)15-16-45(2,42)43/h4-5,7-14,17,19-20,29H,3,6,15-16,18H2,1-2H3,(H,37,39)(H,40,41)/t29-,32?/m0/s1. The number of rotatable bonds is 14. The van der Waals surface area contributed by atoms with Crippen molar-refractivity contribution < 1.29 is 36.6 Å². The maximum atomic E-state index is 13.8. The first-order chi connectivity index (χ1) is 21.2. The van der Waals surface area contributed by atoms with Crippen molar-refractivity contribution in [1.82, 2.24) is 14.9 Å². The molecule has 0 saturated heterocycles. The van der Waals surface area contributed by atoms with Crippen molar-refractivity contribution in [1.29, 1.82) is 0 Å². The van der Waals surface area contributed by atoms with Gasteiger partial charge in [-0.1, -0.05) is 30.3 Å². The smallest absolute Gasteiger partial charge is 0.326 e. The summed E-state index contributed by atoms with van der Waals surface area (Å²) < 4.78 is 57.9. The molecule has 0 spiro atoms. The Balaban J connectivity index is 1.69. The molecule has 1 amide bonds. The monoisotopic (exact) mass is 751 g/mol. The predicted molar refractivity (Wildman–Crippen MR) is 173 cm³/mol. The zero-order valence-electron chi connectivity index (χ0n) is 24.5. The van der Waals surface area contributed by atoms with Crippen LogP contribution >= 0.6 is 22.6 Å². The fourth-order valence-electron chi connectivity index (χ4n) is 4.67. The van der Waals surface area contributed by atoms with Gasteiger partial charge in [0.25, 0.3) is 5.91 Å². The molecule has 2 atom stereocenters. The minimum Gasteiger partial charge on any atom is -0.480 e. The predicted octanol–water partition coefficient (Wildman–Crippen LogP) is 5.01. The number of aliphatic carboxylic acids is 1. The van der Waals surface area contributed by atoms with Crippen LogP contribution in [0.2, 0.25) is 0 Å². The quantitative estimate of drug-likeness (QED) is 0.137. The Morgan fingerprint density at radius 3 is 2.27 bits per heavy atom. The second-order valence-electron chi connectivity index (χ2n) is 10.7. The number of nitrogens with one attached hydrogen (secondary N) is 1. The van der Waals surface area contributed by atoms with Crippen LogP contribution in [-0.4, -0.2) is 53.0 Å². The summed E-state index contributed by atoms with van der Waals surface area (Å²) in [7, 11) is -1.64. The molecule has 0 aliphatic heterocycles. The van der Waals surface area contributed by atoms with Crippen molar-refractivity contribution in [3.63, 3.8) is 0 Å². The topological polar surface area (TPSA) is 128 Å². The number of amides is 1. The number of ether oxygens (including phenoxy) is 1. The molecule has 2 N–H and O–H groups in total. The molecule has 0 radical (unpaired) electrons. The van der Waals surface area contributed by atoms with E-state index in [-0.39, 0.29) is 23.6 Å². The van der Waals surface area contributed by atoms with Crippen LogP contribution in [0.15, 0.2) is 79.3 Å². The lowest BCUT2D eigenvalue weighted by molar-refractivity contribution is -0.139. The number of halogens is 3. The second-order valence-corrected chi connectivity index (χ2v) is 14.7. The van der Waals surface area contributed by atoms with Gasteiger partial charge in [0.1, 0.15) is 33.3 Å². The normalized spacial score (nSPS) is 13.5. The molecule has 4 rings (SSSR count). The number of sulfone groups is 1. The number of aromatic nitrogens is 2. The molecule has 13 heteroatoms. The SMILES string of the molecule is Cn1cncc1CC(I)(Oc1ccc(CCc2ccc(F)cc2)c(C(=O)N[C@@H](CCS(C)(=O)=O)C(=O)O)c1)c1ccc(F)cc1. The Labute approximate surface area is 273 Å². The van der Waals surface area contributed by atoms with E-state index in [4.69, 9.17) is 4.74 Å². The number of carbonyl (C=O) groups excluding carboxylic acids is 1. The van der Waals surface area contributed by atoms with Crippen LogP contribution < -0.4 is 10.1 Å². The van der Waals surface area contributed by atoms with Gasteiger partial charge in [-0.25, -0.2) is 27.0 Å². The van der Waals surface area contributed by atoms with Gasteiger partial charge in [-0.3, -0.25) is 4.79 Å². The number of hydrogen-bond acceptors (Lipinski definition) is 6. The molecule has 1 unspecified atom stereocenters. The molecule has 4 aromatic rings. The number of aryl methyl sites for hydroxylation is 3. The molecule has 238 valence electrons. The van der Waals surface area contributed by atoms with Gasteiger partial charge in [-0.2, -0.15) is 0 Å². The highest BCUT2D eigenvalue weighted by molar-refractivity contribution is 14.1. The van der Waals surface area contributed by atoms with E-state index in [9.17, 15) is 31.9 Å². The van der Waals surface area contributed by atoms with Gasteiger partial charge in [0.2, 0.25) is 0 Å². The lowest BCUT2D eigenvalue weighted by atomic mass is 9.98. The van der Waals surface area contributed by atoms with Crippen LogP contribution in [0.3, 0.4) is 0 Å². The van der Waals surface area contributed by atoms with Crippen LogP contribution in [0.25, 0.3) is 0 Å². The summed E-state index contributed by atoms with van der Waals surface area (Å²) in [5.74, 6) is -3.01. The second kappa shape index (κ2) is 14.5. The summed E-state index contributed by atoms with van der Waals surface area (Å²) in [5, 5.41) is 12.2. The zero-order valence-corrected chi connectivity index (χ0v) is 27.5. The molecule has 0 bridgehead atoms. The van der Waals surface area contributed by atoms with Crippen LogP contribution in [0.4, 0.5) is 8.78 Å².